The maximum absolute atomic E-state index is 11.2. The zero-order valence-corrected chi connectivity index (χ0v) is 12.9. The summed E-state index contributed by atoms with van der Waals surface area (Å²) in [4.78, 5) is 25.7. The molecule has 0 fully saturated rings. The molecule has 0 radical (unpaired) electrons. The van der Waals surface area contributed by atoms with E-state index < -0.39 is 4.92 Å². The van der Waals surface area contributed by atoms with E-state index in [-0.39, 0.29) is 17.2 Å². The van der Waals surface area contributed by atoms with Gasteiger partial charge in [-0.2, -0.15) is 0 Å². The lowest BCUT2D eigenvalue weighted by molar-refractivity contribution is -0.385. The van der Waals surface area contributed by atoms with Crippen LogP contribution in [-0.2, 0) is 0 Å². The molecule has 0 aliphatic rings. The highest BCUT2D eigenvalue weighted by molar-refractivity contribution is 9.10. The molecular weight excluding hydrogens is 340 g/mol. The van der Waals surface area contributed by atoms with E-state index in [1.807, 2.05) is 0 Å². The number of halogens is 1. The Morgan fingerprint density at radius 1 is 1.38 bits per heavy atom. The van der Waals surface area contributed by atoms with Crippen molar-refractivity contribution in [3.63, 3.8) is 0 Å². The molecule has 21 heavy (non-hydrogen) atoms. The van der Waals surface area contributed by atoms with Gasteiger partial charge in [0.1, 0.15) is 11.4 Å². The number of rotatable bonds is 4. The van der Waals surface area contributed by atoms with E-state index in [1.54, 1.807) is 19.1 Å². The van der Waals surface area contributed by atoms with E-state index >= 15 is 0 Å². The lowest BCUT2D eigenvalue weighted by Gasteiger charge is -2.09. The molecule has 0 saturated carbocycles. The molecule has 1 heterocycles. The third kappa shape index (κ3) is 3.43. The van der Waals surface area contributed by atoms with E-state index in [4.69, 9.17) is 4.74 Å². The van der Waals surface area contributed by atoms with Crippen LogP contribution in [0, 0.1) is 17.0 Å². The number of nitro benzene ring substituents is 1. The normalized spacial score (nSPS) is 10.2. The van der Waals surface area contributed by atoms with Gasteiger partial charge in [0, 0.05) is 17.5 Å². The minimum absolute atomic E-state index is 0.141. The van der Waals surface area contributed by atoms with Crippen molar-refractivity contribution in [3.8, 4) is 11.5 Å². The van der Waals surface area contributed by atoms with Crippen LogP contribution in [0.5, 0.6) is 11.5 Å². The molecule has 0 spiro atoms. The molecule has 0 aliphatic heterocycles. The average molecular weight is 351 g/mol. The summed E-state index contributed by atoms with van der Waals surface area (Å²) >= 11 is 3.22. The number of hydrogen-bond acceptors (Lipinski definition) is 5. The number of nitrogens with zero attached hydrogens (tertiary/aromatic N) is 2. The van der Waals surface area contributed by atoms with Crippen molar-refractivity contribution in [2.75, 3.05) is 0 Å². The summed E-state index contributed by atoms with van der Waals surface area (Å²) in [6.45, 7) is 3.12. The molecule has 1 aromatic carbocycles. The fourth-order valence-corrected chi connectivity index (χ4v) is 2.31. The fraction of sp³-hybridized carbons (Fsp3) is 0.143. The van der Waals surface area contributed by atoms with Crippen LogP contribution in [0.2, 0.25) is 0 Å². The Kier molecular flexibility index (Phi) is 4.32. The molecule has 1 aromatic heterocycles. The molecule has 0 bridgehead atoms. The zero-order valence-electron chi connectivity index (χ0n) is 11.3. The average Bonchev–Trinajstić information content (AvgIpc) is 2.41. The second kappa shape index (κ2) is 6.01. The molecule has 0 unspecified atom stereocenters. The third-order valence-corrected chi connectivity index (χ3v) is 3.19. The Balaban J connectivity index is 2.39. The minimum atomic E-state index is -0.509. The number of ether oxygens (including phenoxy) is 1. The van der Waals surface area contributed by atoms with Crippen molar-refractivity contribution in [3.05, 3.63) is 56.3 Å². The number of benzene rings is 1. The summed E-state index contributed by atoms with van der Waals surface area (Å²) in [5.41, 5.74) is 0.786. The van der Waals surface area contributed by atoms with Crippen molar-refractivity contribution in [1.82, 2.24) is 4.98 Å². The number of carbonyl (C=O) groups excluding carboxylic acids is 1. The Morgan fingerprint density at radius 2 is 2.10 bits per heavy atom. The molecule has 0 saturated heterocycles. The molecular formula is C14H11BrN2O4. The van der Waals surface area contributed by atoms with Crippen LogP contribution in [-0.4, -0.2) is 15.7 Å². The first-order valence-corrected chi connectivity index (χ1v) is 6.77. The molecule has 0 aliphatic carbocycles. The van der Waals surface area contributed by atoms with Gasteiger partial charge in [-0.05, 0) is 30.7 Å². The Bertz CT molecular complexity index is 714. The van der Waals surface area contributed by atoms with E-state index in [1.165, 1.54) is 25.3 Å². The van der Waals surface area contributed by atoms with Crippen LogP contribution in [0.1, 0.15) is 23.0 Å². The van der Waals surface area contributed by atoms with Gasteiger partial charge >= 0.3 is 5.69 Å². The summed E-state index contributed by atoms with van der Waals surface area (Å²) < 4.78 is 6.16. The first-order valence-electron chi connectivity index (χ1n) is 5.98. The molecule has 2 aromatic rings. The lowest BCUT2D eigenvalue weighted by Crippen LogP contribution is -1.98. The van der Waals surface area contributed by atoms with Gasteiger partial charge in [0.25, 0.3) is 0 Å². The standard InChI is InChI=1S/C14H11BrN2O4/c1-8-5-10(15)6-13(17(19)20)14(8)21-11-3-4-12(9(2)18)16-7-11/h3-7H,1-2H3. The first-order chi connectivity index (χ1) is 9.88. The maximum Gasteiger partial charge on any atom is 0.312 e. The largest absolute Gasteiger partial charge is 0.448 e. The summed E-state index contributed by atoms with van der Waals surface area (Å²) in [5, 5.41) is 11.1. The van der Waals surface area contributed by atoms with Gasteiger partial charge in [-0.25, -0.2) is 4.98 Å². The van der Waals surface area contributed by atoms with Crippen LogP contribution < -0.4 is 4.74 Å². The van der Waals surface area contributed by atoms with Crippen LogP contribution in [0.15, 0.2) is 34.9 Å². The number of aryl methyl sites for hydroxylation is 1. The first kappa shape index (κ1) is 15.1. The van der Waals surface area contributed by atoms with Crippen molar-refractivity contribution >= 4 is 27.4 Å². The van der Waals surface area contributed by atoms with Crippen LogP contribution in [0.25, 0.3) is 0 Å². The highest BCUT2D eigenvalue weighted by Gasteiger charge is 2.19. The summed E-state index contributed by atoms with van der Waals surface area (Å²) in [6, 6.07) is 6.16. The number of nitro groups is 1. The van der Waals surface area contributed by atoms with Gasteiger partial charge < -0.3 is 4.74 Å². The molecule has 7 heteroatoms. The highest BCUT2D eigenvalue weighted by atomic mass is 79.9. The number of aromatic nitrogens is 1. The Morgan fingerprint density at radius 3 is 2.62 bits per heavy atom. The van der Waals surface area contributed by atoms with E-state index in [2.05, 4.69) is 20.9 Å². The van der Waals surface area contributed by atoms with Gasteiger partial charge in [0.15, 0.2) is 5.78 Å². The smallest absolute Gasteiger partial charge is 0.312 e. The Labute approximate surface area is 129 Å². The predicted octanol–water partition coefficient (Wildman–Crippen LogP) is 4.06. The van der Waals surface area contributed by atoms with Crippen molar-refractivity contribution < 1.29 is 14.5 Å². The van der Waals surface area contributed by atoms with Gasteiger partial charge in [0.2, 0.25) is 5.75 Å². The number of Topliss-reactive ketones (excluding diaryl/α,β-unsaturated/α-hetero) is 1. The summed E-state index contributed by atoms with van der Waals surface area (Å²) in [5.74, 6) is 0.321. The molecule has 2 rings (SSSR count). The predicted molar refractivity (Wildman–Crippen MR) is 79.8 cm³/mol. The number of hydrogen-bond donors (Lipinski definition) is 0. The van der Waals surface area contributed by atoms with E-state index in [0.717, 1.165) is 0 Å². The second-order valence-corrected chi connectivity index (χ2v) is 5.28. The molecule has 108 valence electrons. The zero-order chi connectivity index (χ0) is 15.6. The number of ketones is 1. The Hall–Kier alpha value is -2.28. The number of carbonyl (C=O) groups is 1. The van der Waals surface area contributed by atoms with Crippen molar-refractivity contribution in [2.45, 2.75) is 13.8 Å². The van der Waals surface area contributed by atoms with Gasteiger partial charge in [-0.1, -0.05) is 15.9 Å². The van der Waals surface area contributed by atoms with E-state index in [9.17, 15) is 14.9 Å². The van der Waals surface area contributed by atoms with Crippen LogP contribution >= 0.6 is 15.9 Å². The van der Waals surface area contributed by atoms with Crippen molar-refractivity contribution in [1.29, 1.82) is 0 Å². The second-order valence-electron chi connectivity index (χ2n) is 4.37. The molecule has 0 N–H and O–H groups in total. The summed E-state index contributed by atoms with van der Waals surface area (Å²) in [6.07, 6.45) is 1.36. The SMILES string of the molecule is CC(=O)c1ccc(Oc2c(C)cc(Br)cc2[N+](=O)[O-])cn1. The molecule has 0 amide bonds. The molecule has 0 atom stereocenters. The highest BCUT2D eigenvalue weighted by Crippen LogP contribution is 2.36. The topological polar surface area (TPSA) is 82.3 Å². The summed E-state index contributed by atoms with van der Waals surface area (Å²) in [7, 11) is 0. The van der Waals surface area contributed by atoms with Gasteiger partial charge in [0.05, 0.1) is 11.1 Å². The minimum Gasteiger partial charge on any atom is -0.448 e. The van der Waals surface area contributed by atoms with Gasteiger partial charge in [-0.15, -0.1) is 0 Å². The monoisotopic (exact) mass is 350 g/mol. The third-order valence-electron chi connectivity index (χ3n) is 2.73. The van der Waals surface area contributed by atoms with Crippen LogP contribution in [0.4, 0.5) is 5.69 Å². The van der Waals surface area contributed by atoms with Gasteiger partial charge in [-0.3, -0.25) is 14.9 Å². The maximum atomic E-state index is 11.2. The van der Waals surface area contributed by atoms with Crippen molar-refractivity contribution in [2.24, 2.45) is 0 Å². The van der Waals surface area contributed by atoms with E-state index in [0.29, 0.717) is 21.5 Å². The quantitative estimate of drug-likeness (QED) is 0.471. The van der Waals surface area contributed by atoms with Crippen LogP contribution in [0.3, 0.4) is 0 Å². The molecule has 6 nitrogen and oxygen atoms in total. The lowest BCUT2D eigenvalue weighted by atomic mass is 10.2. The number of pyridine rings is 1. The fourth-order valence-electron chi connectivity index (χ4n) is 1.75.